The molecule has 0 aliphatic heterocycles. The molecule has 0 aromatic heterocycles. The maximum Gasteiger partial charge on any atom is 0.454 e. The van der Waals surface area contributed by atoms with Crippen LogP contribution in [0, 0.1) is 19.7 Å². The summed E-state index contributed by atoms with van der Waals surface area (Å²) in [7, 11) is 0. The second-order valence-electron chi connectivity index (χ2n) is 3.24. The Kier molecular flexibility index (Phi) is 2.83. The highest BCUT2D eigenvalue weighted by Crippen LogP contribution is 2.26. The number of carbonyl (C=O) groups excluding carboxylic acids is 1. The first kappa shape index (κ1) is 11.7. The van der Waals surface area contributed by atoms with Crippen LogP contribution in [-0.4, -0.2) is 12.0 Å². The zero-order chi connectivity index (χ0) is 11.8. The number of benzene rings is 1. The van der Waals surface area contributed by atoms with E-state index in [0.717, 1.165) is 12.1 Å². The second kappa shape index (κ2) is 3.64. The number of Topliss-reactive ketones (excluding diaryl/α,β-unsaturated/α-hetero) is 1. The average Bonchev–Trinajstić information content (AvgIpc) is 1.99. The Hall–Kier alpha value is -1.39. The minimum absolute atomic E-state index is 0.00479. The first-order valence-electron chi connectivity index (χ1n) is 4.11. The van der Waals surface area contributed by atoms with Gasteiger partial charge in [-0.3, -0.25) is 4.79 Å². The van der Waals surface area contributed by atoms with E-state index in [1.54, 1.807) is 0 Å². The summed E-state index contributed by atoms with van der Waals surface area (Å²) in [6.45, 7) is 2.55. The van der Waals surface area contributed by atoms with Gasteiger partial charge in [-0.05, 0) is 37.1 Å². The van der Waals surface area contributed by atoms with Crippen molar-refractivity contribution < 1.29 is 22.4 Å². The van der Waals surface area contributed by atoms with Crippen molar-refractivity contribution in [1.82, 2.24) is 0 Å². The fraction of sp³-hybridized carbons (Fsp3) is 0.300. The van der Waals surface area contributed by atoms with Gasteiger partial charge in [-0.15, -0.1) is 0 Å². The van der Waals surface area contributed by atoms with Gasteiger partial charge in [0.15, 0.2) is 0 Å². The summed E-state index contributed by atoms with van der Waals surface area (Å²) in [5, 5.41) is 0. The largest absolute Gasteiger partial charge is 0.454 e. The van der Waals surface area contributed by atoms with Crippen LogP contribution in [0.4, 0.5) is 17.6 Å². The van der Waals surface area contributed by atoms with Crippen molar-refractivity contribution in [2.45, 2.75) is 20.0 Å². The molecule has 0 heterocycles. The molecule has 0 bridgehead atoms. The maximum atomic E-state index is 12.8. The molecule has 0 atom stereocenters. The summed E-state index contributed by atoms with van der Waals surface area (Å²) >= 11 is 0. The molecule has 0 N–H and O–H groups in total. The van der Waals surface area contributed by atoms with Crippen molar-refractivity contribution in [1.29, 1.82) is 0 Å². The van der Waals surface area contributed by atoms with Gasteiger partial charge in [-0.2, -0.15) is 13.2 Å². The zero-order valence-electron chi connectivity index (χ0n) is 8.07. The molecule has 0 spiro atoms. The van der Waals surface area contributed by atoms with E-state index < -0.39 is 23.3 Å². The molecular formula is C10H8F4O. The van der Waals surface area contributed by atoms with Crippen LogP contribution in [-0.2, 0) is 0 Å². The minimum atomic E-state index is -4.92. The van der Waals surface area contributed by atoms with E-state index in [4.69, 9.17) is 0 Å². The molecule has 82 valence electrons. The first-order valence-corrected chi connectivity index (χ1v) is 4.11. The topological polar surface area (TPSA) is 17.1 Å². The van der Waals surface area contributed by atoms with Gasteiger partial charge in [0.05, 0.1) is 0 Å². The summed E-state index contributed by atoms with van der Waals surface area (Å²) in [6, 6.07) is 1.82. The highest BCUT2D eigenvalue weighted by Gasteiger charge is 2.40. The summed E-state index contributed by atoms with van der Waals surface area (Å²) in [5.74, 6) is -2.58. The van der Waals surface area contributed by atoms with Crippen molar-refractivity contribution in [2.24, 2.45) is 0 Å². The van der Waals surface area contributed by atoms with Crippen LogP contribution in [0.3, 0.4) is 0 Å². The Balaban J connectivity index is 3.33. The SMILES string of the molecule is Cc1cc(F)cc(C)c1C(=O)C(F)(F)F. The van der Waals surface area contributed by atoms with Crippen LogP contribution in [0.2, 0.25) is 0 Å². The van der Waals surface area contributed by atoms with Gasteiger partial charge < -0.3 is 0 Å². The molecule has 0 fully saturated rings. The number of aryl methyl sites for hydroxylation is 2. The number of hydrogen-bond donors (Lipinski definition) is 0. The van der Waals surface area contributed by atoms with E-state index in [9.17, 15) is 22.4 Å². The van der Waals surface area contributed by atoms with Crippen LogP contribution >= 0.6 is 0 Å². The Labute approximate surface area is 83.7 Å². The van der Waals surface area contributed by atoms with Crippen molar-refractivity contribution >= 4 is 5.78 Å². The third-order valence-corrected chi connectivity index (χ3v) is 1.98. The Morgan fingerprint density at radius 1 is 1.13 bits per heavy atom. The lowest BCUT2D eigenvalue weighted by Gasteiger charge is -2.10. The predicted molar refractivity (Wildman–Crippen MR) is 46.3 cm³/mol. The van der Waals surface area contributed by atoms with E-state index in [1.807, 2.05) is 0 Å². The third kappa shape index (κ3) is 2.34. The lowest BCUT2D eigenvalue weighted by atomic mass is 9.98. The van der Waals surface area contributed by atoms with Gasteiger partial charge >= 0.3 is 6.18 Å². The average molecular weight is 220 g/mol. The molecule has 1 aromatic carbocycles. The zero-order valence-corrected chi connectivity index (χ0v) is 8.07. The number of rotatable bonds is 1. The number of ketones is 1. The van der Waals surface area contributed by atoms with Gasteiger partial charge in [0, 0.05) is 5.56 Å². The summed E-state index contributed by atoms with van der Waals surface area (Å²) in [4.78, 5) is 11.0. The predicted octanol–water partition coefficient (Wildman–Crippen LogP) is 3.19. The minimum Gasteiger partial charge on any atom is -0.284 e. The third-order valence-electron chi connectivity index (χ3n) is 1.98. The van der Waals surface area contributed by atoms with Gasteiger partial charge in [0.25, 0.3) is 5.78 Å². The van der Waals surface area contributed by atoms with E-state index in [2.05, 4.69) is 0 Å². The maximum absolute atomic E-state index is 12.8. The van der Waals surface area contributed by atoms with Gasteiger partial charge in [0.1, 0.15) is 5.82 Å². The first-order chi connectivity index (χ1) is 6.73. The lowest BCUT2D eigenvalue weighted by Crippen LogP contribution is -2.24. The molecule has 0 amide bonds. The van der Waals surface area contributed by atoms with Gasteiger partial charge in [-0.1, -0.05) is 0 Å². The van der Waals surface area contributed by atoms with Crippen LogP contribution in [0.1, 0.15) is 21.5 Å². The quantitative estimate of drug-likeness (QED) is 0.524. The van der Waals surface area contributed by atoms with E-state index in [0.29, 0.717) is 0 Å². The summed E-state index contributed by atoms with van der Waals surface area (Å²) in [5.41, 5.74) is -0.478. The lowest BCUT2D eigenvalue weighted by molar-refractivity contribution is -0.0886. The molecule has 0 aliphatic rings. The monoisotopic (exact) mass is 220 g/mol. The van der Waals surface area contributed by atoms with Crippen LogP contribution < -0.4 is 0 Å². The fourth-order valence-electron chi connectivity index (χ4n) is 1.41. The van der Waals surface area contributed by atoms with Crippen molar-refractivity contribution in [2.75, 3.05) is 0 Å². The summed E-state index contributed by atoms with van der Waals surface area (Å²) in [6.07, 6.45) is -4.92. The van der Waals surface area contributed by atoms with Crippen LogP contribution in [0.25, 0.3) is 0 Å². The molecular weight excluding hydrogens is 212 g/mol. The van der Waals surface area contributed by atoms with E-state index in [-0.39, 0.29) is 11.1 Å². The number of alkyl halides is 3. The smallest absolute Gasteiger partial charge is 0.284 e. The van der Waals surface area contributed by atoms with Gasteiger partial charge in [0.2, 0.25) is 0 Å². The highest BCUT2D eigenvalue weighted by molar-refractivity contribution is 6.02. The summed E-state index contributed by atoms with van der Waals surface area (Å²) < 4.78 is 49.2. The van der Waals surface area contributed by atoms with Crippen molar-refractivity contribution in [3.63, 3.8) is 0 Å². The molecule has 15 heavy (non-hydrogen) atoms. The number of halogens is 4. The molecule has 0 aliphatic carbocycles. The van der Waals surface area contributed by atoms with Crippen molar-refractivity contribution in [3.8, 4) is 0 Å². The highest BCUT2D eigenvalue weighted by atomic mass is 19.4. The van der Waals surface area contributed by atoms with E-state index in [1.165, 1.54) is 13.8 Å². The normalized spacial score (nSPS) is 11.6. The molecule has 5 heteroatoms. The number of carbonyl (C=O) groups is 1. The molecule has 0 saturated carbocycles. The molecule has 0 saturated heterocycles. The van der Waals surface area contributed by atoms with Crippen LogP contribution in [0.5, 0.6) is 0 Å². The molecule has 1 aromatic rings. The number of hydrogen-bond acceptors (Lipinski definition) is 1. The molecule has 1 rings (SSSR count). The molecule has 0 radical (unpaired) electrons. The second-order valence-corrected chi connectivity index (χ2v) is 3.24. The van der Waals surface area contributed by atoms with Crippen molar-refractivity contribution in [3.05, 3.63) is 34.6 Å². The molecule has 0 unspecified atom stereocenters. The Morgan fingerprint density at radius 3 is 1.87 bits per heavy atom. The Bertz CT molecular complexity index is 383. The van der Waals surface area contributed by atoms with Gasteiger partial charge in [-0.25, -0.2) is 4.39 Å². The standard InChI is InChI=1S/C10H8F4O/c1-5-3-7(11)4-6(2)8(5)9(15)10(12,13)14/h3-4H,1-2H3. The van der Waals surface area contributed by atoms with E-state index >= 15 is 0 Å². The molecule has 1 nitrogen and oxygen atoms in total. The fourth-order valence-corrected chi connectivity index (χ4v) is 1.41. The Morgan fingerprint density at radius 2 is 1.53 bits per heavy atom. The van der Waals surface area contributed by atoms with Crippen LogP contribution in [0.15, 0.2) is 12.1 Å².